The van der Waals surface area contributed by atoms with Crippen molar-refractivity contribution in [2.24, 2.45) is 5.41 Å². The second-order valence-corrected chi connectivity index (χ2v) is 9.87. The Morgan fingerprint density at radius 3 is 2.41 bits per heavy atom. The van der Waals surface area contributed by atoms with Gasteiger partial charge in [0.05, 0.1) is 25.2 Å². The van der Waals surface area contributed by atoms with E-state index >= 15 is 4.39 Å². The van der Waals surface area contributed by atoms with Gasteiger partial charge in [-0.05, 0) is 62.4 Å². The van der Waals surface area contributed by atoms with E-state index in [0.717, 1.165) is 18.3 Å². The van der Waals surface area contributed by atoms with Gasteiger partial charge in [-0.1, -0.05) is 0 Å². The van der Waals surface area contributed by atoms with Crippen LogP contribution in [0.5, 0.6) is 11.5 Å². The lowest BCUT2D eigenvalue weighted by atomic mass is 9.71. The zero-order chi connectivity index (χ0) is 28.2. The third kappa shape index (κ3) is 6.76. The van der Waals surface area contributed by atoms with Crippen molar-refractivity contribution >= 4 is 16.9 Å². The number of aliphatic carboxylic acids is 1. The molecule has 1 aliphatic heterocycles. The molecule has 1 aliphatic rings. The number of piperidine rings is 1. The molecule has 4 rings (SSSR count). The summed E-state index contributed by atoms with van der Waals surface area (Å²) in [5.74, 6) is -5.71. The maximum Gasteiger partial charge on any atom is 0.303 e. The van der Waals surface area contributed by atoms with E-state index in [2.05, 4.69) is 4.98 Å². The summed E-state index contributed by atoms with van der Waals surface area (Å²) in [7, 11) is 1.46. The van der Waals surface area contributed by atoms with Crippen LogP contribution in [0.2, 0.25) is 0 Å². The number of carboxylic acids is 1. The fourth-order valence-electron chi connectivity index (χ4n) is 5.19. The number of fused-ring (bicyclic) bond motifs is 1. The molecule has 0 amide bonds. The van der Waals surface area contributed by atoms with Gasteiger partial charge < -0.3 is 14.6 Å². The van der Waals surface area contributed by atoms with Crippen LogP contribution in [-0.4, -0.2) is 54.3 Å². The van der Waals surface area contributed by atoms with Gasteiger partial charge in [0, 0.05) is 29.6 Å². The number of methoxy groups -OCH3 is 1. The zero-order valence-corrected chi connectivity index (χ0v) is 21.4. The van der Waals surface area contributed by atoms with Crippen LogP contribution in [0.1, 0.15) is 43.8 Å². The van der Waals surface area contributed by atoms with Crippen molar-refractivity contribution < 1.29 is 41.3 Å². The van der Waals surface area contributed by atoms with Gasteiger partial charge in [-0.2, -0.15) is 0 Å². The van der Waals surface area contributed by atoms with Gasteiger partial charge in [0.15, 0.2) is 17.5 Å². The lowest BCUT2D eigenvalue weighted by Crippen LogP contribution is -2.42. The number of likely N-dealkylation sites (tertiary alicyclic amines) is 1. The second-order valence-electron chi connectivity index (χ2n) is 9.87. The fourth-order valence-corrected chi connectivity index (χ4v) is 5.19. The van der Waals surface area contributed by atoms with E-state index in [1.54, 1.807) is 12.1 Å². The quantitative estimate of drug-likeness (QED) is 0.225. The van der Waals surface area contributed by atoms with Crippen LogP contribution < -0.4 is 9.47 Å². The van der Waals surface area contributed by atoms with E-state index in [1.807, 2.05) is 4.90 Å². The number of hydrogen-bond acceptors (Lipinski definition) is 5. The Bertz CT molecular complexity index is 1310. The summed E-state index contributed by atoms with van der Waals surface area (Å²) < 4.78 is 80.7. The van der Waals surface area contributed by atoms with Gasteiger partial charge in [0.25, 0.3) is 0 Å². The standard InChI is InChI=1S/C28H29F5N2O4/c1-38-17-2-3-24-19(12-17)26(23(32)16-34-24)20(29)4-5-28(15-25(36)37)6-8-35(9-7-28)10-11-39-18-13-21(30)27(33)22(31)14-18/h2-3,12-14,16,20H,4-11,15H2,1H3,(H,36,37). The maximum absolute atomic E-state index is 15.6. The van der Waals surface area contributed by atoms with E-state index in [4.69, 9.17) is 9.47 Å². The van der Waals surface area contributed by atoms with E-state index in [0.29, 0.717) is 49.1 Å². The summed E-state index contributed by atoms with van der Waals surface area (Å²) >= 11 is 0. The summed E-state index contributed by atoms with van der Waals surface area (Å²) in [4.78, 5) is 17.7. The second kappa shape index (κ2) is 12.1. The van der Waals surface area contributed by atoms with Crippen LogP contribution in [0, 0.1) is 28.7 Å². The molecule has 11 heteroatoms. The molecule has 0 radical (unpaired) electrons. The first-order chi connectivity index (χ1) is 18.6. The van der Waals surface area contributed by atoms with Crippen molar-refractivity contribution in [2.45, 2.75) is 38.3 Å². The number of aromatic nitrogens is 1. The fraction of sp³-hybridized carbons (Fsp3) is 0.429. The number of ether oxygens (including phenoxy) is 2. The van der Waals surface area contributed by atoms with Crippen molar-refractivity contribution in [1.29, 1.82) is 0 Å². The molecule has 2 heterocycles. The van der Waals surface area contributed by atoms with Crippen LogP contribution in [-0.2, 0) is 4.79 Å². The van der Waals surface area contributed by atoms with E-state index in [9.17, 15) is 27.5 Å². The molecular weight excluding hydrogens is 523 g/mol. The minimum atomic E-state index is -1.67. The number of carboxylic acid groups (broad SMARTS) is 1. The van der Waals surface area contributed by atoms with Crippen LogP contribution in [0.25, 0.3) is 10.9 Å². The lowest BCUT2D eigenvalue weighted by molar-refractivity contribution is -0.141. The number of alkyl halides is 1. The molecule has 1 N–H and O–H groups in total. The van der Waals surface area contributed by atoms with Crippen LogP contribution in [0.4, 0.5) is 22.0 Å². The predicted octanol–water partition coefficient (Wildman–Crippen LogP) is 6.23. The van der Waals surface area contributed by atoms with Crippen molar-refractivity contribution in [1.82, 2.24) is 9.88 Å². The molecule has 0 aliphatic carbocycles. The molecule has 0 bridgehead atoms. The monoisotopic (exact) mass is 552 g/mol. The molecule has 0 saturated carbocycles. The largest absolute Gasteiger partial charge is 0.497 e. The molecule has 0 spiro atoms. The van der Waals surface area contributed by atoms with Gasteiger partial charge >= 0.3 is 5.97 Å². The van der Waals surface area contributed by atoms with Crippen LogP contribution >= 0.6 is 0 Å². The number of hydrogen-bond donors (Lipinski definition) is 1. The normalized spacial score (nSPS) is 16.3. The molecule has 1 saturated heterocycles. The van der Waals surface area contributed by atoms with Crippen LogP contribution in [0.15, 0.2) is 36.5 Å². The van der Waals surface area contributed by atoms with Gasteiger partial charge in [0.1, 0.15) is 30.1 Å². The summed E-state index contributed by atoms with van der Waals surface area (Å²) in [5, 5.41) is 9.87. The molecule has 1 aromatic heterocycles. The average Bonchev–Trinajstić information content (AvgIpc) is 2.90. The van der Waals surface area contributed by atoms with Crippen LogP contribution in [0.3, 0.4) is 0 Å². The SMILES string of the molecule is COc1ccc2ncc(F)c(C(F)CCC3(CC(=O)O)CCN(CCOc4cc(F)c(F)c(F)c4)CC3)c2c1. The molecule has 2 aromatic carbocycles. The van der Waals surface area contributed by atoms with Gasteiger partial charge in [-0.15, -0.1) is 0 Å². The maximum atomic E-state index is 15.6. The number of pyridine rings is 1. The summed E-state index contributed by atoms with van der Waals surface area (Å²) in [6.07, 6.45) is 0.289. The Morgan fingerprint density at radius 1 is 1.08 bits per heavy atom. The highest BCUT2D eigenvalue weighted by Crippen LogP contribution is 2.43. The molecule has 1 atom stereocenters. The summed E-state index contributed by atoms with van der Waals surface area (Å²) in [6, 6.07) is 6.35. The average molecular weight is 553 g/mol. The van der Waals surface area contributed by atoms with Crippen molar-refractivity contribution in [2.75, 3.05) is 33.4 Å². The third-order valence-corrected chi connectivity index (χ3v) is 7.39. The predicted molar refractivity (Wildman–Crippen MR) is 134 cm³/mol. The van der Waals surface area contributed by atoms with Gasteiger partial charge in [-0.3, -0.25) is 14.7 Å². The highest BCUT2D eigenvalue weighted by molar-refractivity contribution is 5.84. The molecule has 3 aromatic rings. The molecule has 1 fully saturated rings. The Balaban J connectivity index is 1.38. The Hall–Kier alpha value is -3.47. The summed E-state index contributed by atoms with van der Waals surface area (Å²) in [5.41, 5.74) is -0.363. The number of halogens is 5. The molecule has 1 unspecified atom stereocenters. The molecular formula is C28H29F5N2O4. The van der Waals surface area contributed by atoms with Crippen molar-refractivity contribution in [3.05, 3.63) is 65.4 Å². The Labute approximate surface area is 222 Å². The van der Waals surface area contributed by atoms with E-state index in [1.165, 1.54) is 13.2 Å². The number of carbonyl (C=O) groups is 1. The van der Waals surface area contributed by atoms with Gasteiger partial charge in [-0.25, -0.2) is 22.0 Å². The molecule has 39 heavy (non-hydrogen) atoms. The number of rotatable bonds is 11. The van der Waals surface area contributed by atoms with Crippen molar-refractivity contribution in [3.63, 3.8) is 0 Å². The zero-order valence-electron chi connectivity index (χ0n) is 21.4. The highest BCUT2D eigenvalue weighted by atomic mass is 19.2. The minimum absolute atomic E-state index is 0.0642. The first-order valence-electron chi connectivity index (χ1n) is 12.6. The van der Waals surface area contributed by atoms with E-state index in [-0.39, 0.29) is 37.2 Å². The first kappa shape index (κ1) is 28.5. The molecule has 210 valence electrons. The summed E-state index contributed by atoms with van der Waals surface area (Å²) in [6.45, 7) is 1.49. The highest BCUT2D eigenvalue weighted by Gasteiger charge is 2.37. The van der Waals surface area contributed by atoms with Crippen molar-refractivity contribution in [3.8, 4) is 11.5 Å². The third-order valence-electron chi connectivity index (χ3n) is 7.39. The topological polar surface area (TPSA) is 71.9 Å². The van der Waals surface area contributed by atoms with Gasteiger partial charge in [0.2, 0.25) is 0 Å². The minimum Gasteiger partial charge on any atom is -0.497 e. The first-order valence-corrected chi connectivity index (χ1v) is 12.6. The number of nitrogens with zero attached hydrogens (tertiary/aromatic N) is 2. The Morgan fingerprint density at radius 2 is 1.77 bits per heavy atom. The smallest absolute Gasteiger partial charge is 0.303 e. The number of benzene rings is 2. The Kier molecular flexibility index (Phi) is 8.89. The molecule has 6 nitrogen and oxygen atoms in total. The lowest BCUT2D eigenvalue weighted by Gasteiger charge is -2.41. The van der Waals surface area contributed by atoms with E-state index < -0.39 is 40.8 Å².